The second-order valence-corrected chi connectivity index (χ2v) is 6.67. The van der Waals surface area contributed by atoms with E-state index in [-0.39, 0.29) is 11.8 Å². The quantitative estimate of drug-likeness (QED) is 0.639. The fourth-order valence-corrected chi connectivity index (χ4v) is 3.25. The van der Waals surface area contributed by atoms with Gasteiger partial charge in [-0.2, -0.15) is 0 Å². The third-order valence-corrected chi connectivity index (χ3v) is 4.78. The number of ether oxygens (including phenoxy) is 1. The van der Waals surface area contributed by atoms with E-state index in [4.69, 9.17) is 4.74 Å². The summed E-state index contributed by atoms with van der Waals surface area (Å²) in [5.74, 6) is 0.717. The molecule has 6 heteroatoms. The van der Waals surface area contributed by atoms with Gasteiger partial charge < -0.3 is 15.4 Å². The van der Waals surface area contributed by atoms with Gasteiger partial charge >= 0.3 is 6.03 Å². The number of methoxy groups -OCH3 is 1. The van der Waals surface area contributed by atoms with Crippen molar-refractivity contribution < 1.29 is 14.3 Å². The van der Waals surface area contributed by atoms with E-state index < -0.39 is 0 Å². The molecule has 1 heterocycles. The monoisotopic (exact) mass is 366 g/mol. The summed E-state index contributed by atoms with van der Waals surface area (Å²) in [5.41, 5.74) is 1.33. The summed E-state index contributed by atoms with van der Waals surface area (Å²) in [6, 6.07) is 19.6. The van der Waals surface area contributed by atoms with Gasteiger partial charge in [0.2, 0.25) is 5.78 Å². The third-order valence-electron chi connectivity index (χ3n) is 3.69. The van der Waals surface area contributed by atoms with Crippen LogP contribution >= 0.6 is 11.3 Å². The molecule has 26 heavy (non-hydrogen) atoms. The number of hydrogen-bond acceptors (Lipinski definition) is 4. The van der Waals surface area contributed by atoms with Crippen LogP contribution in [-0.4, -0.2) is 18.9 Å². The average molecular weight is 366 g/mol. The van der Waals surface area contributed by atoms with Gasteiger partial charge in [-0.3, -0.25) is 4.79 Å². The summed E-state index contributed by atoms with van der Waals surface area (Å²) in [6.07, 6.45) is 0. The molecule has 0 radical (unpaired) electrons. The van der Waals surface area contributed by atoms with Crippen LogP contribution in [0.2, 0.25) is 0 Å². The Balaban J connectivity index is 1.54. The van der Waals surface area contributed by atoms with Crippen LogP contribution in [0.25, 0.3) is 0 Å². The SMILES string of the molecule is COc1ccc(NC(=O)NCc2ccc(C(=O)c3ccccc3)s2)cc1. The number of ketones is 1. The molecule has 3 aromatic rings. The Morgan fingerprint density at radius 1 is 0.962 bits per heavy atom. The van der Waals surface area contributed by atoms with E-state index in [2.05, 4.69) is 10.6 Å². The number of hydrogen-bond donors (Lipinski definition) is 2. The molecule has 0 aliphatic carbocycles. The summed E-state index contributed by atoms with van der Waals surface area (Å²) in [4.78, 5) is 25.9. The Kier molecular flexibility index (Phi) is 5.66. The number of carbonyl (C=O) groups excluding carboxylic acids is 2. The zero-order valence-electron chi connectivity index (χ0n) is 14.2. The van der Waals surface area contributed by atoms with Gasteiger partial charge in [0.15, 0.2) is 0 Å². The third kappa shape index (κ3) is 4.49. The fourth-order valence-electron chi connectivity index (χ4n) is 2.34. The Bertz CT molecular complexity index is 889. The maximum Gasteiger partial charge on any atom is 0.319 e. The van der Waals surface area contributed by atoms with E-state index in [1.54, 1.807) is 49.6 Å². The summed E-state index contributed by atoms with van der Waals surface area (Å²) in [7, 11) is 1.59. The molecular formula is C20H18N2O3S. The van der Waals surface area contributed by atoms with Crippen LogP contribution in [0.5, 0.6) is 5.75 Å². The molecule has 0 fully saturated rings. The predicted octanol–water partition coefficient (Wildman–Crippen LogP) is 4.31. The van der Waals surface area contributed by atoms with Crippen molar-refractivity contribution in [1.82, 2.24) is 5.32 Å². The largest absolute Gasteiger partial charge is 0.497 e. The van der Waals surface area contributed by atoms with Gasteiger partial charge in [0, 0.05) is 16.1 Å². The summed E-state index contributed by atoms with van der Waals surface area (Å²) in [6.45, 7) is 0.356. The van der Waals surface area contributed by atoms with Crippen molar-refractivity contribution in [3.8, 4) is 5.75 Å². The molecule has 132 valence electrons. The van der Waals surface area contributed by atoms with Crippen LogP contribution in [0.4, 0.5) is 10.5 Å². The molecular weight excluding hydrogens is 348 g/mol. The van der Waals surface area contributed by atoms with Crippen molar-refractivity contribution in [1.29, 1.82) is 0 Å². The minimum atomic E-state index is -0.306. The molecule has 0 bridgehead atoms. The minimum absolute atomic E-state index is 0.00969. The van der Waals surface area contributed by atoms with Crippen molar-refractivity contribution in [3.05, 3.63) is 82.0 Å². The van der Waals surface area contributed by atoms with Gasteiger partial charge in [-0.1, -0.05) is 30.3 Å². The Morgan fingerprint density at radius 3 is 2.38 bits per heavy atom. The lowest BCUT2D eigenvalue weighted by atomic mass is 10.1. The van der Waals surface area contributed by atoms with Crippen LogP contribution < -0.4 is 15.4 Å². The van der Waals surface area contributed by atoms with Crippen molar-refractivity contribution >= 4 is 28.8 Å². The lowest BCUT2D eigenvalue weighted by Gasteiger charge is -2.07. The number of benzene rings is 2. The van der Waals surface area contributed by atoms with Gasteiger partial charge in [0.1, 0.15) is 5.75 Å². The topological polar surface area (TPSA) is 67.4 Å². The molecule has 0 saturated carbocycles. The van der Waals surface area contributed by atoms with Crippen LogP contribution in [-0.2, 0) is 6.54 Å². The first-order valence-corrected chi connectivity index (χ1v) is 8.85. The Labute approximate surface area is 155 Å². The zero-order chi connectivity index (χ0) is 18.4. The lowest BCUT2D eigenvalue weighted by molar-refractivity contribution is 0.104. The fraction of sp³-hybridized carbons (Fsp3) is 0.100. The highest BCUT2D eigenvalue weighted by Gasteiger charge is 2.12. The number of amides is 2. The average Bonchev–Trinajstić information content (AvgIpc) is 3.16. The number of anilines is 1. The maximum atomic E-state index is 12.4. The van der Waals surface area contributed by atoms with E-state index in [9.17, 15) is 9.59 Å². The van der Waals surface area contributed by atoms with E-state index in [0.29, 0.717) is 22.7 Å². The number of thiophene rings is 1. The minimum Gasteiger partial charge on any atom is -0.497 e. The molecule has 0 atom stereocenters. The van der Waals surface area contributed by atoms with Crippen LogP contribution in [0.15, 0.2) is 66.7 Å². The number of carbonyl (C=O) groups is 2. The number of rotatable bonds is 6. The van der Waals surface area contributed by atoms with Crippen LogP contribution in [0, 0.1) is 0 Å². The molecule has 2 N–H and O–H groups in total. The molecule has 0 aliphatic heterocycles. The van der Waals surface area contributed by atoms with Gasteiger partial charge in [0.05, 0.1) is 18.5 Å². The second kappa shape index (κ2) is 8.31. The first-order chi connectivity index (χ1) is 12.7. The zero-order valence-corrected chi connectivity index (χ0v) is 15.0. The van der Waals surface area contributed by atoms with Gasteiger partial charge in [-0.05, 0) is 36.4 Å². The molecule has 1 aromatic heterocycles. The highest BCUT2D eigenvalue weighted by atomic mass is 32.1. The Hall–Kier alpha value is -3.12. The molecule has 3 rings (SSSR count). The molecule has 0 saturated heterocycles. The normalized spacial score (nSPS) is 10.2. The van der Waals surface area contributed by atoms with E-state index in [0.717, 1.165) is 10.6 Å². The number of nitrogens with one attached hydrogen (secondary N) is 2. The lowest BCUT2D eigenvalue weighted by Crippen LogP contribution is -2.27. The Morgan fingerprint density at radius 2 is 1.69 bits per heavy atom. The van der Waals surface area contributed by atoms with E-state index in [1.165, 1.54) is 11.3 Å². The maximum absolute atomic E-state index is 12.4. The molecule has 5 nitrogen and oxygen atoms in total. The van der Waals surface area contributed by atoms with Crippen LogP contribution in [0.1, 0.15) is 20.1 Å². The standard InChI is InChI=1S/C20H18N2O3S/c1-25-16-9-7-15(8-10-16)22-20(24)21-13-17-11-12-18(26-17)19(23)14-5-3-2-4-6-14/h2-12H,13H2,1H3,(H2,21,22,24). The highest BCUT2D eigenvalue weighted by molar-refractivity contribution is 7.14. The van der Waals surface area contributed by atoms with E-state index in [1.807, 2.05) is 24.3 Å². The van der Waals surface area contributed by atoms with Crippen molar-refractivity contribution in [3.63, 3.8) is 0 Å². The van der Waals surface area contributed by atoms with Gasteiger partial charge in [0.25, 0.3) is 0 Å². The van der Waals surface area contributed by atoms with Crippen molar-refractivity contribution in [2.24, 2.45) is 0 Å². The summed E-state index contributed by atoms with van der Waals surface area (Å²) in [5, 5.41) is 5.54. The second-order valence-electron chi connectivity index (χ2n) is 5.50. The van der Waals surface area contributed by atoms with Crippen LogP contribution in [0.3, 0.4) is 0 Å². The smallest absolute Gasteiger partial charge is 0.319 e. The van der Waals surface area contributed by atoms with Gasteiger partial charge in [-0.15, -0.1) is 11.3 Å². The predicted molar refractivity (Wildman–Crippen MR) is 103 cm³/mol. The first-order valence-electron chi connectivity index (χ1n) is 8.03. The first kappa shape index (κ1) is 17.7. The molecule has 0 unspecified atom stereocenters. The molecule has 2 amide bonds. The summed E-state index contributed by atoms with van der Waals surface area (Å²) < 4.78 is 5.08. The molecule has 0 aliphatic rings. The summed E-state index contributed by atoms with van der Waals surface area (Å²) >= 11 is 1.38. The highest BCUT2D eigenvalue weighted by Crippen LogP contribution is 2.20. The van der Waals surface area contributed by atoms with Gasteiger partial charge in [-0.25, -0.2) is 4.79 Å². The number of urea groups is 1. The van der Waals surface area contributed by atoms with Crippen molar-refractivity contribution in [2.45, 2.75) is 6.54 Å². The molecule has 0 spiro atoms. The van der Waals surface area contributed by atoms with Crippen molar-refractivity contribution in [2.75, 3.05) is 12.4 Å². The molecule has 2 aromatic carbocycles. The van der Waals surface area contributed by atoms with E-state index >= 15 is 0 Å².